The Hall–Kier alpha value is -1.09. The fourth-order valence-electron chi connectivity index (χ4n) is 2.74. The first kappa shape index (κ1) is 21.2. The number of thiol groups is 1. The van der Waals surface area contributed by atoms with E-state index in [1.54, 1.807) is 30.6 Å². The van der Waals surface area contributed by atoms with E-state index in [0.717, 1.165) is 0 Å². The molecule has 0 aliphatic carbocycles. The molecule has 3 nitrogen and oxygen atoms in total. The maximum Gasteiger partial charge on any atom is 0.398 e. The quantitative estimate of drug-likeness (QED) is 0.458. The number of amides is 1. The molecule has 2 rings (SSSR count). The molecular formula is C17H22F4N2OS2. The minimum atomic E-state index is -4.28. The number of carbonyl (C=O) groups excluding carboxylic acids is 1. The smallest absolute Gasteiger partial charge is 0.366 e. The first-order valence-electron chi connectivity index (χ1n) is 8.15. The Morgan fingerprint density at radius 1 is 1.19 bits per heavy atom. The lowest BCUT2D eigenvalue weighted by molar-refractivity contribution is -0.133. The minimum absolute atomic E-state index is 0.0914. The van der Waals surface area contributed by atoms with Crippen molar-refractivity contribution in [3.63, 3.8) is 0 Å². The fourth-order valence-corrected chi connectivity index (χ4v) is 3.68. The van der Waals surface area contributed by atoms with Crippen molar-refractivity contribution in [3.8, 4) is 0 Å². The van der Waals surface area contributed by atoms with E-state index in [2.05, 4.69) is 12.6 Å². The molecule has 1 amide bonds. The van der Waals surface area contributed by atoms with Gasteiger partial charge in [-0.25, -0.2) is 4.39 Å². The van der Waals surface area contributed by atoms with Crippen LogP contribution >= 0.6 is 24.4 Å². The number of carbonyl (C=O) groups is 1. The predicted octanol–water partition coefficient (Wildman–Crippen LogP) is 4.15. The van der Waals surface area contributed by atoms with E-state index in [0.29, 0.717) is 48.4 Å². The van der Waals surface area contributed by atoms with Gasteiger partial charge in [-0.2, -0.15) is 25.8 Å². The van der Waals surface area contributed by atoms with E-state index in [9.17, 15) is 22.4 Å². The van der Waals surface area contributed by atoms with Gasteiger partial charge in [-0.1, -0.05) is 0 Å². The number of benzene rings is 1. The number of rotatable bonds is 4. The Morgan fingerprint density at radius 2 is 1.77 bits per heavy atom. The Labute approximate surface area is 160 Å². The third-order valence-electron chi connectivity index (χ3n) is 4.07. The third-order valence-corrected chi connectivity index (χ3v) is 5.48. The molecule has 1 aromatic carbocycles. The molecule has 0 atom stereocenters. The van der Waals surface area contributed by atoms with Crippen molar-refractivity contribution < 1.29 is 22.4 Å². The summed E-state index contributed by atoms with van der Waals surface area (Å²) in [6.07, 6.45) is -4.28. The summed E-state index contributed by atoms with van der Waals surface area (Å²) in [6, 6.07) is 2.74. The molecule has 0 bridgehead atoms. The standard InChI is InChI=1S/C17H22F4N2OS2/c1-11-8-12(18)13(9-14(11)26-10-17(19,20)21)22-4-6-23(7-5-22)15(24)16(2,3)25/h8-9,25H,4-7,10H2,1-3H3. The Morgan fingerprint density at radius 3 is 2.27 bits per heavy atom. The summed E-state index contributed by atoms with van der Waals surface area (Å²) >= 11 is 4.94. The molecule has 26 heavy (non-hydrogen) atoms. The number of nitrogens with zero attached hydrogens (tertiary/aromatic N) is 2. The van der Waals surface area contributed by atoms with Crippen molar-refractivity contribution in [2.24, 2.45) is 0 Å². The van der Waals surface area contributed by atoms with Gasteiger partial charge in [0.1, 0.15) is 5.82 Å². The summed E-state index contributed by atoms with van der Waals surface area (Å²) in [6.45, 7) is 6.69. The number of thioether (sulfide) groups is 1. The first-order chi connectivity index (χ1) is 11.9. The zero-order chi connectivity index (χ0) is 19.7. The summed E-state index contributed by atoms with van der Waals surface area (Å²) in [5.74, 6) is -1.57. The summed E-state index contributed by atoms with van der Waals surface area (Å²) in [5.41, 5.74) is 0.753. The van der Waals surface area contributed by atoms with Crippen molar-refractivity contribution in [1.82, 2.24) is 4.90 Å². The maximum absolute atomic E-state index is 14.4. The van der Waals surface area contributed by atoms with E-state index < -0.39 is 22.5 Å². The lowest BCUT2D eigenvalue weighted by Crippen LogP contribution is -2.53. The van der Waals surface area contributed by atoms with Crippen molar-refractivity contribution >= 4 is 36.0 Å². The molecule has 1 heterocycles. The second-order valence-electron chi connectivity index (χ2n) is 6.81. The van der Waals surface area contributed by atoms with Gasteiger partial charge in [0, 0.05) is 31.1 Å². The van der Waals surface area contributed by atoms with E-state index in [4.69, 9.17) is 0 Å². The number of anilines is 1. The summed E-state index contributed by atoms with van der Waals surface area (Å²) < 4.78 is 51.0. The molecule has 9 heteroatoms. The van der Waals surface area contributed by atoms with Gasteiger partial charge >= 0.3 is 6.18 Å². The molecule has 1 saturated heterocycles. The number of alkyl halides is 3. The van der Waals surface area contributed by atoms with E-state index >= 15 is 0 Å². The average molecular weight is 411 g/mol. The van der Waals surface area contributed by atoms with Crippen LogP contribution in [0, 0.1) is 12.7 Å². The van der Waals surface area contributed by atoms with Gasteiger partial charge in [0.2, 0.25) is 5.91 Å². The van der Waals surface area contributed by atoms with Crippen molar-refractivity contribution in [3.05, 3.63) is 23.5 Å². The second-order valence-corrected chi connectivity index (χ2v) is 8.95. The Kier molecular flexibility index (Phi) is 6.43. The average Bonchev–Trinajstić information content (AvgIpc) is 2.52. The minimum Gasteiger partial charge on any atom is -0.366 e. The molecule has 0 spiro atoms. The monoisotopic (exact) mass is 410 g/mol. The molecule has 1 fully saturated rings. The molecular weight excluding hydrogens is 388 g/mol. The number of halogens is 4. The third kappa shape index (κ3) is 5.45. The first-order valence-corrected chi connectivity index (χ1v) is 9.58. The largest absolute Gasteiger partial charge is 0.398 e. The highest BCUT2D eigenvalue weighted by molar-refractivity contribution is 7.99. The Balaban J connectivity index is 2.11. The van der Waals surface area contributed by atoms with Crippen LogP contribution in [0.4, 0.5) is 23.2 Å². The summed E-state index contributed by atoms with van der Waals surface area (Å²) in [5, 5.41) is 0. The topological polar surface area (TPSA) is 23.6 Å². The summed E-state index contributed by atoms with van der Waals surface area (Å²) in [7, 11) is 0. The molecule has 146 valence electrons. The summed E-state index contributed by atoms with van der Waals surface area (Å²) in [4.78, 5) is 16.1. The van der Waals surface area contributed by atoms with Crippen LogP contribution < -0.4 is 4.90 Å². The molecule has 0 N–H and O–H groups in total. The van der Waals surface area contributed by atoms with Crippen LogP contribution in [0.25, 0.3) is 0 Å². The van der Waals surface area contributed by atoms with E-state index in [1.165, 1.54) is 12.1 Å². The van der Waals surface area contributed by atoms with Gasteiger partial charge in [0.25, 0.3) is 0 Å². The number of hydrogen-bond donors (Lipinski definition) is 1. The number of aryl methyl sites for hydroxylation is 1. The lowest BCUT2D eigenvalue weighted by atomic mass is 10.1. The van der Waals surface area contributed by atoms with Gasteiger partial charge in [0.15, 0.2) is 0 Å². The zero-order valence-corrected chi connectivity index (χ0v) is 16.6. The molecule has 0 radical (unpaired) electrons. The van der Waals surface area contributed by atoms with Crippen LogP contribution in [0.2, 0.25) is 0 Å². The molecule has 0 saturated carbocycles. The molecule has 0 unspecified atom stereocenters. The number of hydrogen-bond acceptors (Lipinski definition) is 4. The lowest BCUT2D eigenvalue weighted by Gasteiger charge is -2.38. The van der Waals surface area contributed by atoms with Gasteiger partial charge in [-0.05, 0) is 38.5 Å². The van der Waals surface area contributed by atoms with Crippen molar-refractivity contribution in [1.29, 1.82) is 0 Å². The van der Waals surface area contributed by atoms with E-state index in [-0.39, 0.29) is 11.6 Å². The molecule has 1 aromatic rings. The van der Waals surface area contributed by atoms with Crippen LogP contribution in [0.15, 0.2) is 17.0 Å². The van der Waals surface area contributed by atoms with E-state index in [1.807, 2.05) is 0 Å². The molecule has 1 aliphatic rings. The highest BCUT2D eigenvalue weighted by Crippen LogP contribution is 2.34. The maximum atomic E-state index is 14.4. The highest BCUT2D eigenvalue weighted by Gasteiger charge is 2.31. The van der Waals surface area contributed by atoms with Gasteiger partial charge < -0.3 is 9.80 Å². The van der Waals surface area contributed by atoms with Gasteiger partial charge in [-0.15, -0.1) is 11.8 Å². The normalized spacial score (nSPS) is 16.2. The van der Waals surface area contributed by atoms with Crippen molar-refractivity contribution in [2.45, 2.75) is 36.6 Å². The predicted molar refractivity (Wildman–Crippen MR) is 99.8 cm³/mol. The van der Waals surface area contributed by atoms with Crippen LogP contribution in [0.1, 0.15) is 19.4 Å². The molecule has 1 aliphatic heterocycles. The van der Waals surface area contributed by atoms with Crippen molar-refractivity contribution in [2.75, 3.05) is 36.8 Å². The highest BCUT2D eigenvalue weighted by atomic mass is 32.2. The zero-order valence-electron chi connectivity index (χ0n) is 14.9. The van der Waals surface area contributed by atoms with Crippen LogP contribution in [-0.2, 0) is 4.79 Å². The van der Waals surface area contributed by atoms with Gasteiger partial charge in [-0.3, -0.25) is 4.79 Å². The second kappa shape index (κ2) is 7.88. The fraction of sp³-hybridized carbons (Fsp3) is 0.588. The SMILES string of the molecule is Cc1cc(F)c(N2CCN(C(=O)C(C)(C)S)CC2)cc1SCC(F)(F)F. The van der Waals surface area contributed by atoms with Gasteiger partial charge in [0.05, 0.1) is 16.2 Å². The number of piperazine rings is 1. The van der Waals surface area contributed by atoms with Crippen LogP contribution in [-0.4, -0.2) is 53.7 Å². The van der Waals surface area contributed by atoms with Crippen LogP contribution in [0.5, 0.6) is 0 Å². The van der Waals surface area contributed by atoms with Crippen LogP contribution in [0.3, 0.4) is 0 Å². The Bertz CT molecular complexity index is 666. The molecule has 0 aromatic heterocycles.